The molecule has 3 rings (SSSR count). The predicted molar refractivity (Wildman–Crippen MR) is 80.1 cm³/mol. The van der Waals surface area contributed by atoms with Gasteiger partial charge in [-0.3, -0.25) is 0 Å². The molecular weight excluding hydrogens is 324 g/mol. The fourth-order valence-corrected chi connectivity index (χ4v) is 3.03. The molecule has 0 aliphatic carbocycles. The van der Waals surface area contributed by atoms with E-state index in [0.717, 1.165) is 20.0 Å². The zero-order valence-electron chi connectivity index (χ0n) is 10.0. The first-order chi connectivity index (χ1) is 9.31. The molecule has 0 saturated carbocycles. The monoisotopic (exact) mass is 334 g/mol. The zero-order chi connectivity index (χ0) is 13.1. The number of aromatic nitrogens is 2. The molecule has 3 aromatic rings. The number of rotatable bonds is 4. The first-order valence-electron chi connectivity index (χ1n) is 5.85. The number of nitrogens with zero attached hydrogens (tertiary/aromatic N) is 2. The number of thiazole rings is 1. The largest absolute Gasteiger partial charge is 0.370 e. The van der Waals surface area contributed by atoms with E-state index >= 15 is 0 Å². The number of hydrogen-bond donors (Lipinski definition) is 0. The average Bonchev–Trinajstić information content (AvgIpc) is 2.82. The number of hydrogen-bond acceptors (Lipinski definition) is 4. The average molecular weight is 335 g/mol. The molecule has 0 unspecified atom stereocenters. The first kappa shape index (κ1) is 12.7. The van der Waals surface area contributed by atoms with Gasteiger partial charge in [0.1, 0.15) is 20.0 Å². The molecule has 2 aromatic heterocycles. The summed E-state index contributed by atoms with van der Waals surface area (Å²) in [5.41, 5.74) is 2.09. The van der Waals surface area contributed by atoms with Crippen LogP contribution in [0.25, 0.3) is 10.3 Å². The van der Waals surface area contributed by atoms with E-state index in [4.69, 9.17) is 4.74 Å². The molecule has 0 amide bonds. The van der Waals surface area contributed by atoms with Crippen LogP contribution in [0.4, 0.5) is 0 Å². The predicted octanol–water partition coefficient (Wildman–Crippen LogP) is 4.17. The highest BCUT2D eigenvalue weighted by Crippen LogP contribution is 2.22. The van der Waals surface area contributed by atoms with Crippen LogP contribution in [0, 0.1) is 0 Å². The van der Waals surface area contributed by atoms with Gasteiger partial charge in [-0.05, 0) is 33.6 Å². The summed E-state index contributed by atoms with van der Waals surface area (Å²) in [7, 11) is 0. The minimum absolute atomic E-state index is 0.521. The molecule has 0 spiro atoms. The van der Waals surface area contributed by atoms with E-state index in [1.807, 2.05) is 30.3 Å². The minimum Gasteiger partial charge on any atom is -0.370 e. The molecule has 96 valence electrons. The topological polar surface area (TPSA) is 35.0 Å². The number of pyridine rings is 1. The van der Waals surface area contributed by atoms with Gasteiger partial charge in [0, 0.05) is 0 Å². The van der Waals surface area contributed by atoms with Crippen LogP contribution >= 0.6 is 27.3 Å². The smallest absolute Gasteiger partial charge is 0.144 e. The molecule has 1 aromatic carbocycles. The van der Waals surface area contributed by atoms with Crippen LogP contribution < -0.4 is 0 Å². The highest BCUT2D eigenvalue weighted by molar-refractivity contribution is 9.10. The molecule has 0 N–H and O–H groups in total. The fraction of sp³-hybridized carbons (Fsp3) is 0.143. The Bertz CT molecular complexity index is 684. The van der Waals surface area contributed by atoms with Crippen molar-refractivity contribution in [3.8, 4) is 0 Å². The summed E-state index contributed by atoms with van der Waals surface area (Å²) >= 11 is 4.93. The van der Waals surface area contributed by atoms with Crippen molar-refractivity contribution in [1.82, 2.24) is 9.97 Å². The second-order valence-corrected chi connectivity index (χ2v) is 5.92. The first-order valence-corrected chi connectivity index (χ1v) is 7.46. The van der Waals surface area contributed by atoms with Crippen LogP contribution in [0.15, 0.2) is 47.1 Å². The number of halogens is 1. The molecule has 19 heavy (non-hydrogen) atoms. The van der Waals surface area contributed by atoms with Crippen molar-refractivity contribution >= 4 is 37.6 Å². The van der Waals surface area contributed by atoms with Crippen LogP contribution in [0.1, 0.15) is 10.6 Å². The minimum atomic E-state index is 0.521. The molecule has 2 heterocycles. The Balaban J connectivity index is 1.65. The maximum absolute atomic E-state index is 5.67. The molecule has 0 bridgehead atoms. The summed E-state index contributed by atoms with van der Waals surface area (Å²) < 4.78 is 6.51. The highest BCUT2D eigenvalue weighted by atomic mass is 79.9. The zero-order valence-corrected chi connectivity index (χ0v) is 12.4. The van der Waals surface area contributed by atoms with E-state index < -0.39 is 0 Å². The van der Waals surface area contributed by atoms with Crippen molar-refractivity contribution in [2.45, 2.75) is 13.2 Å². The number of benzene rings is 1. The molecule has 5 heteroatoms. The molecule has 0 fully saturated rings. The summed E-state index contributed by atoms with van der Waals surface area (Å²) in [6.45, 7) is 1.13. The van der Waals surface area contributed by atoms with E-state index in [9.17, 15) is 0 Å². The van der Waals surface area contributed by atoms with Crippen LogP contribution in [-0.2, 0) is 18.0 Å². The molecule has 0 radical (unpaired) electrons. The van der Waals surface area contributed by atoms with Crippen molar-refractivity contribution in [2.24, 2.45) is 0 Å². The third-order valence-corrected chi connectivity index (χ3v) is 3.98. The molecule has 0 saturated heterocycles. The van der Waals surface area contributed by atoms with Gasteiger partial charge in [-0.2, -0.15) is 0 Å². The quantitative estimate of drug-likeness (QED) is 0.671. The molecule has 0 aliphatic rings. The van der Waals surface area contributed by atoms with E-state index in [1.54, 1.807) is 11.3 Å². The summed E-state index contributed by atoms with van der Waals surface area (Å²) in [5, 5.41) is 0.955. The van der Waals surface area contributed by atoms with Gasteiger partial charge < -0.3 is 4.74 Å². The van der Waals surface area contributed by atoms with Crippen molar-refractivity contribution in [1.29, 1.82) is 0 Å². The third kappa shape index (κ3) is 3.18. The maximum atomic E-state index is 5.67. The SMILES string of the molecule is Brc1ccc2nc(COCc3ccccc3)sc2n1. The summed E-state index contributed by atoms with van der Waals surface area (Å²) in [6, 6.07) is 14.0. The van der Waals surface area contributed by atoms with Crippen molar-refractivity contribution in [3.63, 3.8) is 0 Å². The second kappa shape index (κ2) is 5.77. The summed E-state index contributed by atoms with van der Waals surface area (Å²) in [6.07, 6.45) is 0. The van der Waals surface area contributed by atoms with Crippen LogP contribution in [0.5, 0.6) is 0 Å². The fourth-order valence-electron chi connectivity index (χ4n) is 1.73. The van der Waals surface area contributed by atoms with Gasteiger partial charge in [-0.1, -0.05) is 41.7 Å². The maximum Gasteiger partial charge on any atom is 0.144 e. The lowest BCUT2D eigenvalue weighted by Gasteiger charge is -2.01. The standard InChI is InChI=1S/C14H11BrN2OS/c15-12-7-6-11-14(17-12)19-13(16-11)9-18-8-10-4-2-1-3-5-10/h1-7H,8-9H2. The lowest BCUT2D eigenvalue weighted by molar-refractivity contribution is 0.107. The van der Waals surface area contributed by atoms with Gasteiger partial charge in [0.25, 0.3) is 0 Å². The van der Waals surface area contributed by atoms with Gasteiger partial charge in [0.05, 0.1) is 13.2 Å². The molecular formula is C14H11BrN2OS. The van der Waals surface area contributed by atoms with Crippen LogP contribution in [0.2, 0.25) is 0 Å². The van der Waals surface area contributed by atoms with E-state index in [2.05, 4.69) is 38.0 Å². The summed E-state index contributed by atoms with van der Waals surface area (Å²) in [5.74, 6) is 0. The van der Waals surface area contributed by atoms with Crippen LogP contribution in [-0.4, -0.2) is 9.97 Å². The second-order valence-electron chi connectivity index (χ2n) is 4.04. The van der Waals surface area contributed by atoms with Crippen molar-refractivity contribution < 1.29 is 4.74 Å². The lowest BCUT2D eigenvalue weighted by Crippen LogP contribution is -1.93. The Morgan fingerprint density at radius 1 is 1.00 bits per heavy atom. The Labute approximate surface area is 123 Å². The Morgan fingerprint density at radius 2 is 1.84 bits per heavy atom. The van der Waals surface area contributed by atoms with Gasteiger partial charge in [-0.25, -0.2) is 9.97 Å². The van der Waals surface area contributed by atoms with Crippen molar-refractivity contribution in [2.75, 3.05) is 0 Å². The van der Waals surface area contributed by atoms with E-state index in [0.29, 0.717) is 13.2 Å². The lowest BCUT2D eigenvalue weighted by atomic mass is 10.2. The number of ether oxygens (including phenoxy) is 1. The normalized spacial score (nSPS) is 11.0. The highest BCUT2D eigenvalue weighted by Gasteiger charge is 2.05. The van der Waals surface area contributed by atoms with Gasteiger partial charge in [0.15, 0.2) is 0 Å². The Morgan fingerprint density at radius 3 is 2.68 bits per heavy atom. The van der Waals surface area contributed by atoms with Gasteiger partial charge >= 0.3 is 0 Å². The van der Waals surface area contributed by atoms with Crippen LogP contribution in [0.3, 0.4) is 0 Å². The van der Waals surface area contributed by atoms with Gasteiger partial charge in [-0.15, -0.1) is 0 Å². The molecule has 0 atom stereocenters. The van der Waals surface area contributed by atoms with Gasteiger partial charge in [0.2, 0.25) is 0 Å². The molecule has 3 nitrogen and oxygen atoms in total. The molecule has 0 aliphatic heterocycles. The third-order valence-electron chi connectivity index (χ3n) is 2.60. The van der Waals surface area contributed by atoms with E-state index in [-0.39, 0.29) is 0 Å². The number of fused-ring (bicyclic) bond motifs is 1. The Hall–Kier alpha value is -1.30. The summed E-state index contributed by atoms with van der Waals surface area (Å²) in [4.78, 5) is 9.81. The van der Waals surface area contributed by atoms with E-state index in [1.165, 1.54) is 5.56 Å². The van der Waals surface area contributed by atoms with Crippen molar-refractivity contribution in [3.05, 3.63) is 57.6 Å². The Kier molecular flexibility index (Phi) is 3.87.